The fourth-order valence-electron chi connectivity index (χ4n) is 9.25. The van der Waals surface area contributed by atoms with Gasteiger partial charge in [0.2, 0.25) is 0 Å². The SMILES string of the molecule is C=C1c2ccccc2-c2ccc(N(c3ccc4c(c3)C(C)(C)c3ccccc3-4)c3ccc4c(c3)c3ccccc3n4-c3ccc4ccccc4c3)cc21. The molecule has 8 aromatic carbocycles. The third-order valence-corrected chi connectivity index (χ3v) is 11.9. The van der Waals surface area contributed by atoms with Gasteiger partial charge in [0.05, 0.1) is 11.0 Å². The van der Waals surface area contributed by atoms with E-state index in [4.69, 9.17) is 0 Å². The van der Waals surface area contributed by atoms with E-state index in [1.54, 1.807) is 0 Å². The second-order valence-corrected chi connectivity index (χ2v) is 15.1. The van der Waals surface area contributed by atoms with Crippen LogP contribution in [0, 0.1) is 0 Å². The topological polar surface area (TPSA) is 8.17 Å². The van der Waals surface area contributed by atoms with E-state index >= 15 is 0 Å². The lowest BCUT2D eigenvalue weighted by atomic mass is 9.82. The lowest BCUT2D eigenvalue weighted by molar-refractivity contribution is 0.660. The van der Waals surface area contributed by atoms with Gasteiger partial charge in [0.1, 0.15) is 0 Å². The third-order valence-electron chi connectivity index (χ3n) is 11.9. The molecule has 2 aliphatic rings. The average molecular weight is 677 g/mol. The second-order valence-electron chi connectivity index (χ2n) is 15.1. The van der Waals surface area contributed by atoms with Gasteiger partial charge >= 0.3 is 0 Å². The first-order valence-corrected chi connectivity index (χ1v) is 18.5. The number of fused-ring (bicyclic) bond motifs is 10. The van der Waals surface area contributed by atoms with Crippen LogP contribution in [0.2, 0.25) is 0 Å². The molecule has 2 aliphatic carbocycles. The van der Waals surface area contributed by atoms with Crippen LogP contribution in [0.4, 0.5) is 17.1 Å². The Bertz CT molecular complexity index is 3010. The molecule has 0 fully saturated rings. The molecule has 0 radical (unpaired) electrons. The molecule has 53 heavy (non-hydrogen) atoms. The van der Waals surface area contributed by atoms with Gasteiger partial charge in [-0.05, 0) is 122 Å². The summed E-state index contributed by atoms with van der Waals surface area (Å²) in [6.45, 7) is 9.29. The van der Waals surface area contributed by atoms with Crippen molar-refractivity contribution in [2.45, 2.75) is 19.3 Å². The molecule has 0 saturated heterocycles. The Balaban J connectivity index is 1.13. The predicted octanol–water partition coefficient (Wildman–Crippen LogP) is 13.8. The van der Waals surface area contributed by atoms with Crippen molar-refractivity contribution >= 4 is 55.2 Å². The van der Waals surface area contributed by atoms with Crippen molar-refractivity contribution in [1.82, 2.24) is 4.57 Å². The predicted molar refractivity (Wildman–Crippen MR) is 224 cm³/mol. The van der Waals surface area contributed by atoms with Gasteiger partial charge in [0.15, 0.2) is 0 Å². The first-order chi connectivity index (χ1) is 26.0. The zero-order valence-electron chi connectivity index (χ0n) is 29.8. The molecular formula is C51H36N2. The number of para-hydroxylation sites is 1. The lowest BCUT2D eigenvalue weighted by Gasteiger charge is -2.28. The summed E-state index contributed by atoms with van der Waals surface area (Å²) in [4.78, 5) is 2.44. The van der Waals surface area contributed by atoms with E-state index in [1.165, 1.54) is 77.1 Å². The molecule has 2 nitrogen and oxygen atoms in total. The van der Waals surface area contributed by atoms with Gasteiger partial charge in [-0.2, -0.15) is 0 Å². The van der Waals surface area contributed by atoms with Crippen LogP contribution in [0.15, 0.2) is 176 Å². The van der Waals surface area contributed by atoms with Gasteiger partial charge in [-0.3, -0.25) is 0 Å². The molecule has 250 valence electrons. The Hall–Kier alpha value is -6.64. The Morgan fingerprint density at radius 3 is 1.91 bits per heavy atom. The van der Waals surface area contributed by atoms with Gasteiger partial charge in [0.25, 0.3) is 0 Å². The zero-order valence-corrected chi connectivity index (χ0v) is 29.8. The number of nitrogens with zero attached hydrogens (tertiary/aromatic N) is 2. The monoisotopic (exact) mass is 676 g/mol. The summed E-state index contributed by atoms with van der Waals surface area (Å²) in [5.41, 5.74) is 18.2. The van der Waals surface area contributed by atoms with Gasteiger partial charge in [-0.15, -0.1) is 0 Å². The molecule has 0 N–H and O–H groups in total. The summed E-state index contributed by atoms with van der Waals surface area (Å²) in [5, 5.41) is 4.94. The molecule has 0 unspecified atom stereocenters. The molecule has 0 atom stereocenters. The Kier molecular flexibility index (Phi) is 6.19. The van der Waals surface area contributed by atoms with Crippen LogP contribution in [0.1, 0.15) is 36.1 Å². The van der Waals surface area contributed by atoms with Crippen LogP contribution in [-0.2, 0) is 5.41 Å². The lowest BCUT2D eigenvalue weighted by Crippen LogP contribution is -2.16. The highest BCUT2D eigenvalue weighted by atomic mass is 15.1. The van der Waals surface area contributed by atoms with E-state index in [0.29, 0.717) is 0 Å². The Morgan fingerprint density at radius 1 is 0.434 bits per heavy atom. The minimum absolute atomic E-state index is 0.112. The fraction of sp³-hybridized carbons (Fsp3) is 0.0588. The van der Waals surface area contributed by atoms with Crippen LogP contribution >= 0.6 is 0 Å². The van der Waals surface area contributed by atoms with Crippen LogP contribution < -0.4 is 4.90 Å². The molecule has 0 saturated carbocycles. The summed E-state index contributed by atoms with van der Waals surface area (Å²) in [6, 6.07) is 62.6. The molecule has 0 bridgehead atoms. The molecule has 1 heterocycles. The summed E-state index contributed by atoms with van der Waals surface area (Å²) in [7, 11) is 0. The van der Waals surface area contributed by atoms with Crippen LogP contribution in [-0.4, -0.2) is 4.57 Å². The maximum absolute atomic E-state index is 4.58. The highest BCUT2D eigenvalue weighted by molar-refractivity contribution is 6.11. The number of anilines is 3. The van der Waals surface area contributed by atoms with Crippen molar-refractivity contribution in [3.8, 4) is 27.9 Å². The summed E-state index contributed by atoms with van der Waals surface area (Å²) < 4.78 is 2.41. The highest BCUT2D eigenvalue weighted by Crippen LogP contribution is 2.52. The van der Waals surface area contributed by atoms with Crippen molar-refractivity contribution < 1.29 is 0 Å². The maximum atomic E-state index is 4.58. The molecule has 0 amide bonds. The largest absolute Gasteiger partial charge is 0.310 e. The van der Waals surface area contributed by atoms with E-state index < -0.39 is 0 Å². The maximum Gasteiger partial charge on any atom is 0.0542 e. The van der Waals surface area contributed by atoms with E-state index in [-0.39, 0.29) is 5.41 Å². The highest BCUT2D eigenvalue weighted by Gasteiger charge is 2.36. The van der Waals surface area contributed by atoms with Crippen molar-refractivity contribution in [3.05, 3.63) is 199 Å². The van der Waals surface area contributed by atoms with Crippen LogP contribution in [0.25, 0.3) is 66.1 Å². The Labute approximate surface area is 309 Å². The van der Waals surface area contributed by atoms with Crippen LogP contribution in [0.3, 0.4) is 0 Å². The number of hydrogen-bond acceptors (Lipinski definition) is 1. The van der Waals surface area contributed by atoms with E-state index in [2.05, 4.69) is 200 Å². The summed E-state index contributed by atoms with van der Waals surface area (Å²) in [6.07, 6.45) is 0. The summed E-state index contributed by atoms with van der Waals surface area (Å²) in [5.74, 6) is 0. The average Bonchev–Trinajstić information content (AvgIpc) is 3.77. The van der Waals surface area contributed by atoms with Crippen LogP contribution in [0.5, 0.6) is 0 Å². The fourth-order valence-corrected chi connectivity index (χ4v) is 9.25. The minimum Gasteiger partial charge on any atom is -0.310 e. The number of rotatable bonds is 4. The molecule has 1 aromatic heterocycles. The van der Waals surface area contributed by atoms with E-state index in [9.17, 15) is 0 Å². The normalized spacial score (nSPS) is 13.7. The van der Waals surface area contributed by atoms with Gasteiger partial charge in [-0.25, -0.2) is 0 Å². The zero-order chi connectivity index (χ0) is 35.4. The first-order valence-electron chi connectivity index (χ1n) is 18.5. The van der Waals surface area contributed by atoms with Gasteiger partial charge in [-0.1, -0.05) is 130 Å². The van der Waals surface area contributed by atoms with Crippen molar-refractivity contribution in [2.24, 2.45) is 0 Å². The molecule has 0 spiro atoms. The summed E-state index contributed by atoms with van der Waals surface area (Å²) >= 11 is 0. The quantitative estimate of drug-likeness (QED) is 0.180. The molecule has 11 rings (SSSR count). The number of hydrogen-bond donors (Lipinski definition) is 0. The smallest absolute Gasteiger partial charge is 0.0542 e. The first kappa shape index (κ1) is 30.0. The number of benzene rings is 8. The standard InChI is InChI=1S/C51H36N2/c1-32-39-14-6-7-15-40(39)41-25-22-36(29-45(32)41)52(38-23-26-43-42-16-8-10-18-47(42)51(2,3)48(43)31-38)37-24-27-50-46(30-37)44-17-9-11-19-49(44)53(50)35-21-20-33-12-4-5-13-34(33)28-35/h4-31H,1H2,2-3H3. The van der Waals surface area contributed by atoms with E-state index in [0.717, 1.165) is 28.3 Å². The van der Waals surface area contributed by atoms with Crippen molar-refractivity contribution in [1.29, 1.82) is 0 Å². The third kappa shape index (κ3) is 4.27. The van der Waals surface area contributed by atoms with Crippen molar-refractivity contribution in [3.63, 3.8) is 0 Å². The molecule has 0 aliphatic heterocycles. The van der Waals surface area contributed by atoms with E-state index in [1.807, 2.05) is 0 Å². The number of aromatic nitrogens is 1. The molecule has 2 heteroatoms. The molecular weight excluding hydrogens is 641 g/mol. The molecule has 9 aromatic rings. The Morgan fingerprint density at radius 2 is 1.04 bits per heavy atom. The second kappa shape index (κ2) is 10.9. The van der Waals surface area contributed by atoms with Gasteiger partial charge < -0.3 is 9.47 Å². The minimum atomic E-state index is -0.112. The van der Waals surface area contributed by atoms with Crippen molar-refractivity contribution in [2.75, 3.05) is 4.90 Å². The van der Waals surface area contributed by atoms with Gasteiger partial charge in [0, 0.05) is 38.9 Å².